The highest BCUT2D eigenvalue weighted by molar-refractivity contribution is 5.83. The second kappa shape index (κ2) is 6.06. The zero-order valence-corrected chi connectivity index (χ0v) is 11.8. The van der Waals surface area contributed by atoms with Crippen LogP contribution in [0.4, 0.5) is 5.69 Å². The van der Waals surface area contributed by atoms with Gasteiger partial charge in [0.2, 0.25) is 5.91 Å². The fraction of sp³-hybridized carbons (Fsp3) is 0.533. The third kappa shape index (κ3) is 3.26. The Balaban J connectivity index is 2.10. The fourth-order valence-electron chi connectivity index (χ4n) is 2.70. The monoisotopic (exact) mass is 261 g/mol. The van der Waals surface area contributed by atoms with Crippen LogP contribution in [0.25, 0.3) is 0 Å². The van der Waals surface area contributed by atoms with E-state index in [0.29, 0.717) is 0 Å². The van der Waals surface area contributed by atoms with Gasteiger partial charge in [0.25, 0.3) is 0 Å². The van der Waals surface area contributed by atoms with Crippen LogP contribution in [0, 0.1) is 0 Å². The first-order valence-corrected chi connectivity index (χ1v) is 6.95. The van der Waals surface area contributed by atoms with Crippen LogP contribution >= 0.6 is 0 Å². The van der Waals surface area contributed by atoms with Gasteiger partial charge in [-0.2, -0.15) is 0 Å². The van der Waals surface area contributed by atoms with Crippen molar-refractivity contribution in [1.29, 1.82) is 0 Å². The number of nitrogen functional groups attached to an aromatic ring is 1. The molecule has 2 rings (SSSR count). The first kappa shape index (κ1) is 13.9. The summed E-state index contributed by atoms with van der Waals surface area (Å²) in [7, 11) is 1.88. The Bertz CT molecular complexity index is 447. The third-order valence-corrected chi connectivity index (χ3v) is 3.69. The van der Waals surface area contributed by atoms with E-state index in [1.807, 2.05) is 30.1 Å². The van der Waals surface area contributed by atoms with Gasteiger partial charge >= 0.3 is 0 Å². The van der Waals surface area contributed by atoms with Crippen molar-refractivity contribution in [3.05, 3.63) is 29.8 Å². The van der Waals surface area contributed by atoms with Crippen molar-refractivity contribution < 1.29 is 4.79 Å². The summed E-state index contributed by atoms with van der Waals surface area (Å²) >= 11 is 0. The molecule has 1 fully saturated rings. The van der Waals surface area contributed by atoms with Gasteiger partial charge in [-0.25, -0.2) is 0 Å². The third-order valence-electron chi connectivity index (χ3n) is 3.69. The van der Waals surface area contributed by atoms with Crippen LogP contribution in [-0.4, -0.2) is 41.9 Å². The van der Waals surface area contributed by atoms with E-state index in [9.17, 15) is 4.79 Å². The van der Waals surface area contributed by atoms with E-state index < -0.39 is 0 Å². The summed E-state index contributed by atoms with van der Waals surface area (Å²) in [6.07, 6.45) is 1.98. The van der Waals surface area contributed by atoms with Crippen LogP contribution < -0.4 is 5.73 Å². The predicted octanol–water partition coefficient (Wildman–Crippen LogP) is 1.71. The summed E-state index contributed by atoms with van der Waals surface area (Å²) in [5.74, 6) is 0.248. The Morgan fingerprint density at radius 2 is 2.26 bits per heavy atom. The molecule has 0 aliphatic carbocycles. The fourth-order valence-corrected chi connectivity index (χ4v) is 2.70. The van der Waals surface area contributed by atoms with E-state index >= 15 is 0 Å². The lowest BCUT2D eigenvalue weighted by Gasteiger charge is -2.27. The van der Waals surface area contributed by atoms with Crippen molar-refractivity contribution in [1.82, 2.24) is 9.80 Å². The molecule has 1 aliphatic heterocycles. The van der Waals surface area contributed by atoms with E-state index in [1.54, 1.807) is 0 Å². The number of likely N-dealkylation sites (N-methyl/N-ethyl adjacent to an activating group) is 1. The van der Waals surface area contributed by atoms with Crippen LogP contribution in [0.5, 0.6) is 0 Å². The maximum Gasteiger partial charge on any atom is 0.239 e. The number of rotatable bonds is 5. The smallest absolute Gasteiger partial charge is 0.239 e. The van der Waals surface area contributed by atoms with Crippen molar-refractivity contribution >= 4 is 11.6 Å². The predicted molar refractivity (Wildman–Crippen MR) is 77.6 cm³/mol. The normalized spacial score (nSPS) is 19.4. The number of hydrogen-bond donors (Lipinski definition) is 1. The molecule has 1 unspecified atom stereocenters. The van der Waals surface area contributed by atoms with Gasteiger partial charge in [-0.05, 0) is 37.1 Å². The van der Waals surface area contributed by atoms with Crippen molar-refractivity contribution in [2.75, 3.05) is 25.9 Å². The lowest BCUT2D eigenvalue weighted by molar-refractivity contribution is -0.131. The number of nitrogens with two attached hydrogens (primary N) is 1. The molecule has 0 bridgehead atoms. The Labute approximate surface area is 115 Å². The van der Waals surface area contributed by atoms with Gasteiger partial charge in [0.1, 0.15) is 0 Å². The highest BCUT2D eigenvalue weighted by Crippen LogP contribution is 2.19. The largest absolute Gasteiger partial charge is 0.399 e. The van der Waals surface area contributed by atoms with E-state index in [2.05, 4.69) is 17.9 Å². The Morgan fingerprint density at radius 1 is 1.47 bits per heavy atom. The first-order chi connectivity index (χ1) is 9.11. The van der Waals surface area contributed by atoms with Gasteiger partial charge in [0.15, 0.2) is 0 Å². The molecule has 104 valence electrons. The molecule has 1 aliphatic rings. The molecular weight excluding hydrogens is 238 g/mol. The topological polar surface area (TPSA) is 49.6 Å². The van der Waals surface area contributed by atoms with E-state index in [1.165, 1.54) is 5.56 Å². The zero-order valence-electron chi connectivity index (χ0n) is 11.8. The highest BCUT2D eigenvalue weighted by Gasteiger charge is 2.33. The Morgan fingerprint density at radius 3 is 2.84 bits per heavy atom. The van der Waals surface area contributed by atoms with Crippen LogP contribution in [0.3, 0.4) is 0 Å². The summed E-state index contributed by atoms with van der Waals surface area (Å²) in [5, 5.41) is 0. The lowest BCUT2D eigenvalue weighted by Crippen LogP contribution is -2.41. The van der Waals surface area contributed by atoms with Crippen molar-refractivity contribution in [3.63, 3.8) is 0 Å². The van der Waals surface area contributed by atoms with Crippen LogP contribution in [0.2, 0.25) is 0 Å². The number of carbonyl (C=O) groups is 1. The molecule has 0 spiro atoms. The van der Waals surface area contributed by atoms with Crippen molar-refractivity contribution in [3.8, 4) is 0 Å². The van der Waals surface area contributed by atoms with Gasteiger partial charge in [0.05, 0.1) is 6.04 Å². The summed E-state index contributed by atoms with van der Waals surface area (Å²) < 4.78 is 0. The van der Waals surface area contributed by atoms with Gasteiger partial charge in [-0.15, -0.1) is 0 Å². The zero-order chi connectivity index (χ0) is 13.8. The van der Waals surface area contributed by atoms with Gasteiger partial charge in [0, 0.05) is 25.8 Å². The summed E-state index contributed by atoms with van der Waals surface area (Å²) in [6.45, 7) is 4.75. The average molecular weight is 261 g/mol. The molecule has 1 amide bonds. The molecule has 1 saturated heterocycles. The number of anilines is 1. The van der Waals surface area contributed by atoms with Crippen LogP contribution in [0.15, 0.2) is 24.3 Å². The lowest BCUT2D eigenvalue weighted by atomic mass is 10.1. The number of carbonyl (C=O) groups excluding carboxylic acids is 1. The molecule has 1 heterocycles. The molecule has 19 heavy (non-hydrogen) atoms. The standard InChI is InChI=1S/C15H23N3O/c1-3-8-18(14-7-9-17(2)15(14)19)11-12-5-4-6-13(16)10-12/h4-6,10,14H,3,7-9,11,16H2,1-2H3. The second-order valence-electron chi connectivity index (χ2n) is 5.28. The number of benzene rings is 1. The van der Waals surface area contributed by atoms with Crippen LogP contribution in [-0.2, 0) is 11.3 Å². The summed E-state index contributed by atoms with van der Waals surface area (Å²) in [5.41, 5.74) is 7.78. The SMILES string of the molecule is CCCN(Cc1cccc(N)c1)C1CCN(C)C1=O. The molecule has 0 aromatic heterocycles. The molecule has 1 aromatic carbocycles. The van der Waals surface area contributed by atoms with Crippen molar-refractivity contribution in [2.45, 2.75) is 32.4 Å². The minimum Gasteiger partial charge on any atom is -0.399 e. The number of nitrogens with zero attached hydrogens (tertiary/aromatic N) is 2. The first-order valence-electron chi connectivity index (χ1n) is 6.95. The molecule has 1 aromatic rings. The summed E-state index contributed by atoms with van der Waals surface area (Å²) in [6, 6.07) is 7.96. The average Bonchev–Trinajstić information content (AvgIpc) is 2.70. The Kier molecular flexibility index (Phi) is 4.43. The molecule has 2 N–H and O–H groups in total. The second-order valence-corrected chi connectivity index (χ2v) is 5.28. The van der Waals surface area contributed by atoms with Gasteiger partial charge in [-0.1, -0.05) is 19.1 Å². The number of likely N-dealkylation sites (tertiary alicyclic amines) is 1. The number of hydrogen-bond acceptors (Lipinski definition) is 3. The van der Waals surface area contributed by atoms with Gasteiger partial charge < -0.3 is 10.6 Å². The van der Waals surface area contributed by atoms with Gasteiger partial charge in [-0.3, -0.25) is 9.69 Å². The molecular formula is C15H23N3O. The maximum atomic E-state index is 12.1. The number of amides is 1. The highest BCUT2D eigenvalue weighted by atomic mass is 16.2. The molecule has 0 saturated carbocycles. The molecule has 1 atom stereocenters. The van der Waals surface area contributed by atoms with E-state index in [4.69, 9.17) is 5.73 Å². The maximum absolute atomic E-state index is 12.1. The molecule has 4 heteroatoms. The van der Waals surface area contributed by atoms with Crippen LogP contribution in [0.1, 0.15) is 25.3 Å². The minimum atomic E-state index is 0.0337. The minimum absolute atomic E-state index is 0.0337. The molecule has 0 radical (unpaired) electrons. The van der Waals surface area contributed by atoms with E-state index in [-0.39, 0.29) is 11.9 Å². The van der Waals surface area contributed by atoms with Crippen molar-refractivity contribution in [2.24, 2.45) is 0 Å². The summed E-state index contributed by atoms with van der Waals surface area (Å²) in [4.78, 5) is 16.2. The van der Waals surface area contributed by atoms with E-state index in [0.717, 1.165) is 38.2 Å². The quantitative estimate of drug-likeness (QED) is 0.821. The molecule has 4 nitrogen and oxygen atoms in total. The Hall–Kier alpha value is -1.55.